The normalized spacial score (nSPS) is 15.9. The molecule has 0 aromatic heterocycles. The van der Waals surface area contributed by atoms with Crippen LogP contribution in [0.1, 0.15) is 15.9 Å². The lowest BCUT2D eigenvalue weighted by atomic mass is 10.0. The Hall–Kier alpha value is -1.40. The molecule has 4 aromatic carbocycles. The monoisotopic (exact) mass is 518 g/mol. The second-order valence-corrected chi connectivity index (χ2v) is 9.70. The van der Waals surface area contributed by atoms with Crippen LogP contribution in [0.15, 0.2) is 55.0 Å². The second kappa shape index (κ2) is 6.05. The van der Waals surface area contributed by atoms with Crippen molar-refractivity contribution in [1.29, 1.82) is 0 Å². The van der Waals surface area contributed by atoms with Gasteiger partial charge in [0.05, 0.1) is 4.91 Å². The minimum atomic E-state index is -0.104. The molecule has 1 aliphatic heterocycles. The summed E-state index contributed by atoms with van der Waals surface area (Å²) in [5.41, 5.74) is 1.37. The van der Waals surface area contributed by atoms with Crippen LogP contribution in [-0.2, 0) is 0 Å². The molecule has 0 saturated heterocycles. The van der Waals surface area contributed by atoms with Crippen molar-refractivity contribution in [1.82, 2.24) is 0 Å². The number of aryl methyl sites for hydroxylation is 1. The molecule has 4 aromatic rings. The van der Waals surface area contributed by atoms with Gasteiger partial charge in [-0.15, -0.1) is 0 Å². The van der Waals surface area contributed by atoms with Crippen LogP contribution in [-0.4, -0.2) is 5.78 Å². The van der Waals surface area contributed by atoms with E-state index in [-0.39, 0.29) is 11.2 Å². The smallest absolute Gasteiger partial charge is 0.201 e. The Morgan fingerprint density at radius 1 is 0.926 bits per heavy atom. The molecule has 0 bridgehead atoms. The molecule has 0 aliphatic carbocycles. The van der Waals surface area contributed by atoms with E-state index in [2.05, 4.69) is 31.9 Å². The van der Waals surface area contributed by atoms with Gasteiger partial charge in [0.15, 0.2) is 5.43 Å². The Bertz CT molecular complexity index is 1420. The summed E-state index contributed by atoms with van der Waals surface area (Å²) in [6.07, 6.45) is 0. The number of carbonyl (C=O) groups excluding carboxylic acids is 1. The highest BCUT2D eigenvalue weighted by Gasteiger charge is 2.31. The molecule has 0 unspecified atom stereocenters. The first-order valence-electron chi connectivity index (χ1n) is 8.11. The molecular weight excluding hydrogens is 512 g/mol. The minimum Gasteiger partial charge on any atom is -0.289 e. The Labute approximate surface area is 180 Å². The first-order chi connectivity index (χ1) is 12.9. The van der Waals surface area contributed by atoms with Crippen LogP contribution >= 0.6 is 55.2 Å². The maximum Gasteiger partial charge on any atom is 0.201 e. The zero-order valence-electron chi connectivity index (χ0n) is 13.8. The Balaban J connectivity index is 1.97. The van der Waals surface area contributed by atoms with Gasteiger partial charge in [-0.2, -0.15) is 0 Å². The highest BCUT2D eigenvalue weighted by Crippen LogP contribution is 2.44. The fourth-order valence-corrected chi connectivity index (χ4v) is 6.76. The predicted molar refractivity (Wildman–Crippen MR) is 119 cm³/mol. The van der Waals surface area contributed by atoms with E-state index in [0.29, 0.717) is 26.1 Å². The van der Waals surface area contributed by atoms with Crippen LogP contribution in [0.2, 0.25) is 5.02 Å². The fourth-order valence-electron chi connectivity index (χ4n) is 3.81. The minimum absolute atomic E-state index is 0.101. The standard InChI is InChI=1S/C21H9Br2ClO2S/c1-8-6-9(24)7-14-15(8)20(26)21(27-14)17-10-2-4-12(22)18-13(23)5-3-11(16(10)18)19(17)25/h2-7H,1H3/b21-17+. The largest absolute Gasteiger partial charge is 0.289 e. The first kappa shape index (κ1) is 17.7. The Kier molecular flexibility index (Phi) is 3.96. The van der Waals surface area contributed by atoms with Crippen molar-refractivity contribution in [3.05, 3.63) is 76.9 Å². The van der Waals surface area contributed by atoms with Crippen LogP contribution in [0.25, 0.3) is 26.5 Å². The van der Waals surface area contributed by atoms with E-state index >= 15 is 0 Å². The van der Waals surface area contributed by atoms with Gasteiger partial charge in [0.25, 0.3) is 0 Å². The number of benzene rings is 3. The molecule has 1 heterocycles. The molecule has 0 N–H and O–H groups in total. The van der Waals surface area contributed by atoms with Crippen LogP contribution in [0.5, 0.6) is 0 Å². The molecule has 132 valence electrons. The third-order valence-corrected chi connectivity index (χ3v) is 7.61. The lowest BCUT2D eigenvalue weighted by Crippen LogP contribution is -2.23. The van der Waals surface area contributed by atoms with Crippen LogP contribution in [0.3, 0.4) is 0 Å². The van der Waals surface area contributed by atoms with E-state index in [1.165, 1.54) is 11.8 Å². The molecule has 6 heteroatoms. The van der Waals surface area contributed by atoms with Gasteiger partial charge < -0.3 is 0 Å². The highest BCUT2D eigenvalue weighted by atomic mass is 79.9. The lowest BCUT2D eigenvalue weighted by molar-refractivity contribution is 0.105. The molecular formula is C21H9Br2ClO2S. The Morgan fingerprint density at radius 3 is 2.30 bits per heavy atom. The summed E-state index contributed by atoms with van der Waals surface area (Å²) in [5, 5.41) is 4.34. The van der Waals surface area contributed by atoms with Gasteiger partial charge in [0.2, 0.25) is 5.78 Å². The van der Waals surface area contributed by atoms with Crippen LogP contribution in [0, 0.1) is 6.92 Å². The molecule has 0 amide bonds. The van der Waals surface area contributed by atoms with E-state index in [1.807, 2.05) is 31.2 Å². The average Bonchev–Trinajstić information content (AvgIpc) is 3.07. The number of halogens is 3. The molecule has 0 radical (unpaired) electrons. The molecule has 0 atom stereocenters. The first-order valence-corrected chi connectivity index (χ1v) is 10.9. The van der Waals surface area contributed by atoms with Gasteiger partial charge in [-0.3, -0.25) is 9.59 Å². The van der Waals surface area contributed by atoms with Crippen molar-refractivity contribution in [2.75, 3.05) is 0 Å². The highest BCUT2D eigenvalue weighted by molar-refractivity contribution is 9.11. The van der Waals surface area contributed by atoms with E-state index in [9.17, 15) is 9.59 Å². The number of thioether (sulfide) groups is 1. The average molecular weight is 521 g/mol. The van der Waals surface area contributed by atoms with E-state index in [4.69, 9.17) is 11.6 Å². The topological polar surface area (TPSA) is 34.1 Å². The van der Waals surface area contributed by atoms with Crippen molar-refractivity contribution in [3.8, 4) is 0 Å². The summed E-state index contributed by atoms with van der Waals surface area (Å²) in [6.45, 7) is 1.87. The molecule has 0 saturated carbocycles. The van der Waals surface area contributed by atoms with Gasteiger partial charge in [-0.05, 0) is 48.2 Å². The van der Waals surface area contributed by atoms with Gasteiger partial charge in [0, 0.05) is 45.8 Å². The number of hydrogen-bond acceptors (Lipinski definition) is 3. The summed E-state index contributed by atoms with van der Waals surface area (Å²) in [7, 11) is 0. The summed E-state index contributed by atoms with van der Waals surface area (Å²) in [4.78, 5) is 27.7. The summed E-state index contributed by atoms with van der Waals surface area (Å²) in [6, 6.07) is 11.1. The van der Waals surface area contributed by atoms with Crippen LogP contribution < -0.4 is 10.6 Å². The molecule has 27 heavy (non-hydrogen) atoms. The van der Waals surface area contributed by atoms with Gasteiger partial charge >= 0.3 is 0 Å². The zero-order valence-corrected chi connectivity index (χ0v) is 18.6. The van der Waals surface area contributed by atoms with Crippen molar-refractivity contribution < 1.29 is 4.79 Å². The number of fused-ring (bicyclic) bond motifs is 1. The lowest BCUT2D eigenvalue weighted by Gasteiger charge is -2.04. The van der Waals surface area contributed by atoms with Gasteiger partial charge in [0.1, 0.15) is 0 Å². The number of rotatable bonds is 0. The zero-order chi connectivity index (χ0) is 19.0. The predicted octanol–water partition coefficient (Wildman–Crippen LogP) is 6.09. The molecule has 0 fully saturated rings. The maximum absolute atomic E-state index is 13.3. The van der Waals surface area contributed by atoms with Crippen molar-refractivity contribution in [2.24, 2.45) is 0 Å². The molecule has 2 nitrogen and oxygen atoms in total. The van der Waals surface area contributed by atoms with Gasteiger partial charge in [-0.25, -0.2) is 0 Å². The van der Waals surface area contributed by atoms with Gasteiger partial charge in [-0.1, -0.05) is 61.3 Å². The van der Waals surface area contributed by atoms with Crippen molar-refractivity contribution in [2.45, 2.75) is 11.8 Å². The summed E-state index contributed by atoms with van der Waals surface area (Å²) < 4.78 is 1.82. The summed E-state index contributed by atoms with van der Waals surface area (Å²) >= 11 is 14.7. The van der Waals surface area contributed by atoms with Crippen molar-refractivity contribution in [3.63, 3.8) is 0 Å². The number of ketones is 1. The molecule has 1 aliphatic rings. The fraction of sp³-hybridized carbons (Fsp3) is 0.0476. The maximum atomic E-state index is 13.3. The number of carbonyl (C=O) groups is 1. The van der Waals surface area contributed by atoms with Crippen LogP contribution in [0.4, 0.5) is 0 Å². The molecule has 5 rings (SSSR count). The quantitative estimate of drug-likeness (QED) is 0.281. The third-order valence-electron chi connectivity index (χ3n) is 4.94. The number of hydrogen-bond donors (Lipinski definition) is 0. The SMILES string of the molecule is Cc1cc(Cl)cc2c1C(=O)/C(=c1\c(=O)c3ccc(Br)c4c(Br)ccc1c43)S2. The van der Waals surface area contributed by atoms with E-state index in [1.54, 1.807) is 12.1 Å². The second-order valence-electron chi connectivity index (χ2n) is 6.50. The van der Waals surface area contributed by atoms with Crippen molar-refractivity contribution >= 4 is 87.5 Å². The summed E-state index contributed by atoms with van der Waals surface area (Å²) in [5.74, 6) is -0.101. The third kappa shape index (κ3) is 2.38. The van der Waals surface area contributed by atoms with E-state index in [0.717, 1.165) is 35.6 Å². The molecule has 0 spiro atoms. The number of Topliss-reactive ketones (excluding diaryl/α,β-unsaturated/α-hetero) is 1. The Morgan fingerprint density at radius 2 is 1.59 bits per heavy atom. The van der Waals surface area contributed by atoms with E-state index < -0.39 is 0 Å².